The molecule has 0 aliphatic heterocycles. The highest BCUT2D eigenvalue weighted by Gasteiger charge is 2.38. The van der Waals surface area contributed by atoms with Gasteiger partial charge >= 0.3 is 0 Å². The van der Waals surface area contributed by atoms with Crippen molar-refractivity contribution >= 4 is 24.5 Å². The standard InChI is InChI=1S/C26H35ClSi/c1-17-15-22-19(11-10-12-21(22)24(17)28(8,9)27)20-14-13-18(25(2,3)4)16-23(20)26(5,6)7/h10-16,24H,1-9H3. The fourth-order valence-electron chi connectivity index (χ4n) is 4.56. The summed E-state index contributed by atoms with van der Waals surface area (Å²) in [7, 11) is -1.84. The van der Waals surface area contributed by atoms with E-state index >= 15 is 0 Å². The third kappa shape index (κ3) is 3.89. The van der Waals surface area contributed by atoms with Crippen LogP contribution >= 0.6 is 11.1 Å². The molecule has 3 rings (SSSR count). The van der Waals surface area contributed by atoms with Crippen molar-refractivity contribution in [1.29, 1.82) is 0 Å². The minimum Gasteiger partial charge on any atom is -0.167 e. The molecule has 2 aromatic rings. The zero-order valence-electron chi connectivity index (χ0n) is 19.0. The second kappa shape index (κ2) is 6.88. The summed E-state index contributed by atoms with van der Waals surface area (Å²) in [4.78, 5) is 0. The van der Waals surface area contributed by atoms with E-state index in [-0.39, 0.29) is 10.8 Å². The van der Waals surface area contributed by atoms with Crippen LogP contribution in [0.1, 0.15) is 76.3 Å². The van der Waals surface area contributed by atoms with Gasteiger partial charge in [-0.25, -0.2) is 0 Å². The molecule has 0 radical (unpaired) electrons. The minimum atomic E-state index is -1.84. The van der Waals surface area contributed by atoms with Gasteiger partial charge in [0, 0.05) is 5.54 Å². The number of hydrogen-bond donors (Lipinski definition) is 0. The zero-order chi connectivity index (χ0) is 21.1. The van der Waals surface area contributed by atoms with E-state index in [1.165, 1.54) is 39.0 Å². The van der Waals surface area contributed by atoms with Gasteiger partial charge in [0.05, 0.1) is 0 Å². The van der Waals surface area contributed by atoms with Gasteiger partial charge in [-0.15, -0.1) is 0 Å². The SMILES string of the molecule is CC1=Cc2c(-c3ccc(C(C)(C)C)cc3C(C)(C)C)cccc2C1[Si](C)(C)Cl. The molecule has 1 aliphatic carbocycles. The first-order valence-corrected chi connectivity index (χ1v) is 14.5. The summed E-state index contributed by atoms with van der Waals surface area (Å²) < 4.78 is 0. The Kier molecular flexibility index (Phi) is 5.26. The molecule has 0 fully saturated rings. The lowest BCUT2D eigenvalue weighted by molar-refractivity contribution is 0.570. The molecular weight excluding hydrogens is 376 g/mol. The fraction of sp³-hybridized carbons (Fsp3) is 0.462. The number of benzene rings is 2. The van der Waals surface area contributed by atoms with Gasteiger partial charge < -0.3 is 0 Å². The quantitative estimate of drug-likeness (QED) is 0.344. The van der Waals surface area contributed by atoms with Gasteiger partial charge in [-0.2, -0.15) is 11.1 Å². The first-order chi connectivity index (χ1) is 12.7. The molecule has 1 atom stereocenters. The van der Waals surface area contributed by atoms with Crippen molar-refractivity contribution in [3.8, 4) is 11.1 Å². The van der Waals surface area contributed by atoms with Gasteiger partial charge in [-0.3, -0.25) is 0 Å². The van der Waals surface area contributed by atoms with Gasteiger partial charge in [0.2, 0.25) is 0 Å². The summed E-state index contributed by atoms with van der Waals surface area (Å²) >= 11 is 6.93. The average molecular weight is 411 g/mol. The van der Waals surface area contributed by atoms with Gasteiger partial charge in [-0.1, -0.05) is 103 Å². The summed E-state index contributed by atoms with van der Waals surface area (Å²) in [6, 6.07) is 13.9. The molecule has 0 bridgehead atoms. The summed E-state index contributed by atoms with van der Waals surface area (Å²) in [6.07, 6.45) is 2.39. The maximum absolute atomic E-state index is 6.93. The number of fused-ring (bicyclic) bond motifs is 1. The van der Waals surface area contributed by atoms with Crippen LogP contribution in [0.3, 0.4) is 0 Å². The number of hydrogen-bond acceptors (Lipinski definition) is 0. The van der Waals surface area contributed by atoms with Crippen molar-refractivity contribution < 1.29 is 0 Å². The van der Waals surface area contributed by atoms with Crippen molar-refractivity contribution in [3.05, 3.63) is 64.2 Å². The summed E-state index contributed by atoms with van der Waals surface area (Å²) in [5.41, 5.74) is 10.4. The Hall–Kier alpha value is -1.31. The summed E-state index contributed by atoms with van der Waals surface area (Å²) in [5, 5.41) is 0. The molecule has 0 heterocycles. The lowest BCUT2D eigenvalue weighted by Crippen LogP contribution is -2.28. The maximum atomic E-state index is 6.93. The second-order valence-electron chi connectivity index (χ2n) is 11.0. The predicted octanol–water partition coefficient (Wildman–Crippen LogP) is 8.43. The van der Waals surface area contributed by atoms with E-state index in [2.05, 4.69) is 104 Å². The molecular formula is C26H35ClSi. The van der Waals surface area contributed by atoms with Crippen molar-refractivity contribution in [1.82, 2.24) is 0 Å². The maximum Gasteiger partial charge on any atom is 0.161 e. The van der Waals surface area contributed by atoms with Gasteiger partial charge in [0.25, 0.3) is 0 Å². The lowest BCUT2D eigenvalue weighted by atomic mass is 9.76. The Morgan fingerprint density at radius 1 is 0.857 bits per heavy atom. The van der Waals surface area contributed by atoms with Crippen LogP contribution in [0.25, 0.3) is 17.2 Å². The number of rotatable bonds is 2. The second-order valence-corrected chi connectivity index (χ2v) is 17.6. The van der Waals surface area contributed by atoms with E-state index in [0.29, 0.717) is 5.54 Å². The molecule has 0 spiro atoms. The molecule has 0 saturated carbocycles. The molecule has 0 amide bonds. The first-order valence-electron chi connectivity index (χ1n) is 10.4. The average Bonchev–Trinajstić information content (AvgIpc) is 2.88. The fourth-order valence-corrected chi connectivity index (χ4v) is 7.59. The third-order valence-corrected chi connectivity index (χ3v) is 8.74. The highest BCUT2D eigenvalue weighted by atomic mass is 35.6. The summed E-state index contributed by atoms with van der Waals surface area (Å²) in [5.74, 6) is 0. The Balaban J connectivity index is 2.26. The highest BCUT2D eigenvalue weighted by Crippen LogP contribution is 2.48. The minimum absolute atomic E-state index is 0.0799. The molecule has 2 aromatic carbocycles. The van der Waals surface area contributed by atoms with Crippen LogP contribution in [0.4, 0.5) is 0 Å². The Labute approximate surface area is 177 Å². The molecule has 0 nitrogen and oxygen atoms in total. The molecule has 1 unspecified atom stereocenters. The van der Waals surface area contributed by atoms with Gasteiger partial charge in [-0.05, 0) is 51.1 Å². The summed E-state index contributed by atoms with van der Waals surface area (Å²) in [6.45, 7) is 20.6. The van der Waals surface area contributed by atoms with Gasteiger partial charge in [0.1, 0.15) is 0 Å². The van der Waals surface area contributed by atoms with E-state index in [1.807, 2.05) is 0 Å². The predicted molar refractivity (Wildman–Crippen MR) is 129 cm³/mol. The van der Waals surface area contributed by atoms with E-state index in [9.17, 15) is 0 Å². The Morgan fingerprint density at radius 2 is 1.50 bits per heavy atom. The first kappa shape index (κ1) is 21.4. The van der Waals surface area contributed by atoms with Crippen molar-refractivity contribution in [2.75, 3.05) is 0 Å². The number of halogens is 1. The largest absolute Gasteiger partial charge is 0.167 e. The lowest BCUT2D eigenvalue weighted by Gasteiger charge is -2.29. The van der Waals surface area contributed by atoms with Crippen LogP contribution in [0.5, 0.6) is 0 Å². The van der Waals surface area contributed by atoms with E-state index in [4.69, 9.17) is 11.1 Å². The smallest absolute Gasteiger partial charge is 0.161 e. The van der Waals surface area contributed by atoms with Crippen molar-refractivity contribution in [2.45, 2.75) is 77.9 Å². The van der Waals surface area contributed by atoms with Crippen LogP contribution in [0.2, 0.25) is 13.1 Å². The molecule has 2 heteroatoms. The Bertz CT molecular complexity index is 930. The van der Waals surface area contributed by atoms with Crippen LogP contribution in [-0.4, -0.2) is 7.38 Å². The highest BCUT2D eigenvalue weighted by molar-refractivity contribution is 7.20. The van der Waals surface area contributed by atoms with Crippen LogP contribution in [0, 0.1) is 0 Å². The third-order valence-electron chi connectivity index (χ3n) is 5.95. The van der Waals surface area contributed by atoms with Crippen molar-refractivity contribution in [2.24, 2.45) is 0 Å². The van der Waals surface area contributed by atoms with E-state index in [1.54, 1.807) is 0 Å². The van der Waals surface area contributed by atoms with E-state index in [0.717, 1.165) is 0 Å². The topological polar surface area (TPSA) is 0 Å². The Morgan fingerprint density at radius 3 is 2.04 bits per heavy atom. The monoisotopic (exact) mass is 410 g/mol. The number of allylic oxidation sites excluding steroid dienone is 1. The van der Waals surface area contributed by atoms with Crippen molar-refractivity contribution in [3.63, 3.8) is 0 Å². The normalized spacial score (nSPS) is 17.5. The molecule has 0 N–H and O–H groups in total. The molecule has 0 saturated heterocycles. The molecule has 1 aliphatic rings. The van der Waals surface area contributed by atoms with Crippen LogP contribution < -0.4 is 0 Å². The van der Waals surface area contributed by atoms with Crippen LogP contribution in [-0.2, 0) is 10.8 Å². The van der Waals surface area contributed by atoms with Gasteiger partial charge in [0.15, 0.2) is 7.38 Å². The van der Waals surface area contributed by atoms with E-state index < -0.39 is 7.38 Å². The molecule has 0 aromatic heterocycles. The molecule has 28 heavy (non-hydrogen) atoms. The zero-order valence-corrected chi connectivity index (χ0v) is 20.8. The molecule has 150 valence electrons. The van der Waals surface area contributed by atoms with Crippen LogP contribution in [0.15, 0.2) is 42.0 Å².